The van der Waals surface area contributed by atoms with Crippen LogP contribution in [0, 0.1) is 5.41 Å². The molecule has 0 spiro atoms. The van der Waals surface area contributed by atoms with E-state index < -0.39 is 0 Å². The van der Waals surface area contributed by atoms with Gasteiger partial charge in [-0.15, -0.1) is 6.58 Å². The number of ether oxygens (including phenoxy) is 2. The van der Waals surface area contributed by atoms with Crippen LogP contribution in [0.15, 0.2) is 12.7 Å². The maximum absolute atomic E-state index is 10.3. The van der Waals surface area contributed by atoms with Gasteiger partial charge < -0.3 is 14.6 Å². The average Bonchev–Trinajstić information content (AvgIpc) is 2.35. The lowest BCUT2D eigenvalue weighted by atomic mass is 9.79. The van der Waals surface area contributed by atoms with E-state index in [4.69, 9.17) is 9.47 Å². The van der Waals surface area contributed by atoms with Crippen molar-refractivity contribution >= 4 is 0 Å². The predicted octanol–water partition coefficient (Wildman–Crippen LogP) is 3.52. The van der Waals surface area contributed by atoms with Gasteiger partial charge in [-0.1, -0.05) is 45.6 Å². The Morgan fingerprint density at radius 2 is 2.06 bits per heavy atom. The second-order valence-electron chi connectivity index (χ2n) is 5.27. The lowest BCUT2D eigenvalue weighted by Crippen LogP contribution is -2.36. The highest BCUT2D eigenvalue weighted by Crippen LogP contribution is 2.30. The van der Waals surface area contributed by atoms with Crippen molar-refractivity contribution < 1.29 is 14.6 Å². The highest BCUT2D eigenvalue weighted by molar-refractivity contribution is 4.88. The third-order valence-corrected chi connectivity index (χ3v) is 3.38. The first kappa shape index (κ1) is 17.6. The van der Waals surface area contributed by atoms with Crippen LogP contribution < -0.4 is 0 Å². The molecule has 0 rings (SSSR count). The van der Waals surface area contributed by atoms with Crippen molar-refractivity contribution in [3.63, 3.8) is 0 Å². The molecule has 3 heteroatoms. The van der Waals surface area contributed by atoms with Crippen LogP contribution in [-0.4, -0.2) is 31.7 Å². The highest BCUT2D eigenvalue weighted by Gasteiger charge is 2.31. The Morgan fingerprint density at radius 1 is 1.33 bits per heavy atom. The van der Waals surface area contributed by atoms with Crippen LogP contribution in [0.4, 0.5) is 0 Å². The van der Waals surface area contributed by atoms with Gasteiger partial charge in [-0.25, -0.2) is 0 Å². The second-order valence-corrected chi connectivity index (χ2v) is 5.27. The van der Waals surface area contributed by atoms with E-state index in [2.05, 4.69) is 20.4 Å². The number of aliphatic hydroxyl groups excluding tert-OH is 1. The van der Waals surface area contributed by atoms with Gasteiger partial charge in [-0.05, 0) is 12.8 Å². The summed E-state index contributed by atoms with van der Waals surface area (Å²) in [5, 5.41) is 10.3. The van der Waals surface area contributed by atoms with E-state index in [1.165, 1.54) is 19.3 Å². The van der Waals surface area contributed by atoms with Crippen LogP contribution in [0.5, 0.6) is 0 Å². The van der Waals surface area contributed by atoms with E-state index >= 15 is 0 Å². The molecular weight excluding hydrogens is 228 g/mol. The molecule has 0 aromatic heterocycles. The first-order chi connectivity index (χ1) is 8.60. The van der Waals surface area contributed by atoms with Gasteiger partial charge >= 0.3 is 0 Å². The van der Waals surface area contributed by atoms with Crippen LogP contribution in [-0.2, 0) is 9.47 Å². The van der Waals surface area contributed by atoms with E-state index in [1.54, 1.807) is 7.11 Å². The van der Waals surface area contributed by atoms with E-state index in [9.17, 15) is 5.11 Å². The van der Waals surface area contributed by atoms with E-state index in [-0.39, 0.29) is 18.3 Å². The molecule has 0 saturated carbocycles. The van der Waals surface area contributed by atoms with Crippen LogP contribution >= 0.6 is 0 Å². The summed E-state index contributed by atoms with van der Waals surface area (Å²) in [6.45, 7) is 8.78. The fraction of sp³-hybridized carbons (Fsp3) is 0.867. The van der Waals surface area contributed by atoms with Gasteiger partial charge in [0.05, 0.1) is 12.7 Å². The molecule has 0 radical (unpaired) electrons. The molecule has 0 aromatic rings. The van der Waals surface area contributed by atoms with Crippen molar-refractivity contribution in [2.75, 3.05) is 20.5 Å². The minimum atomic E-state index is -0.343. The molecule has 0 saturated heterocycles. The molecule has 2 atom stereocenters. The Labute approximate surface area is 112 Å². The quantitative estimate of drug-likeness (QED) is 0.331. The van der Waals surface area contributed by atoms with E-state index in [0.717, 1.165) is 19.3 Å². The van der Waals surface area contributed by atoms with Gasteiger partial charge in [0.25, 0.3) is 0 Å². The van der Waals surface area contributed by atoms with Gasteiger partial charge in [-0.3, -0.25) is 0 Å². The molecule has 0 aromatic carbocycles. The molecule has 0 aliphatic carbocycles. The summed E-state index contributed by atoms with van der Waals surface area (Å²) in [7, 11) is 1.60. The van der Waals surface area contributed by atoms with Crippen molar-refractivity contribution in [2.24, 2.45) is 5.41 Å². The molecule has 0 aliphatic heterocycles. The number of hydrogen-bond donors (Lipinski definition) is 1. The number of rotatable bonds is 12. The molecule has 18 heavy (non-hydrogen) atoms. The van der Waals surface area contributed by atoms with Crippen LogP contribution in [0.25, 0.3) is 0 Å². The van der Waals surface area contributed by atoms with Crippen molar-refractivity contribution in [1.29, 1.82) is 0 Å². The number of unbranched alkanes of at least 4 members (excludes halogenated alkanes) is 3. The molecule has 0 fully saturated rings. The topological polar surface area (TPSA) is 38.7 Å². The molecule has 0 unspecified atom stereocenters. The normalized spacial score (nSPS) is 16.2. The standard InChI is InChI=1S/C15H30O3/c1-5-7-8-9-10-14(16)15(3,11-6-2)12-18-13-17-4/h6,14,16H,2,5,7-13H2,1,3-4H3/t14-,15+/m1/s1. The third kappa shape index (κ3) is 7.14. The van der Waals surface area contributed by atoms with E-state index in [1.807, 2.05) is 6.08 Å². The first-order valence-corrected chi connectivity index (χ1v) is 6.96. The molecule has 108 valence electrons. The Morgan fingerprint density at radius 3 is 2.61 bits per heavy atom. The number of aliphatic hydroxyl groups is 1. The van der Waals surface area contributed by atoms with Crippen LogP contribution in [0.1, 0.15) is 52.4 Å². The zero-order valence-corrected chi connectivity index (χ0v) is 12.3. The monoisotopic (exact) mass is 258 g/mol. The molecule has 0 heterocycles. The fourth-order valence-corrected chi connectivity index (χ4v) is 2.09. The maximum Gasteiger partial charge on any atom is 0.146 e. The van der Waals surface area contributed by atoms with Gasteiger partial charge in [0.15, 0.2) is 0 Å². The van der Waals surface area contributed by atoms with Crippen molar-refractivity contribution in [3.8, 4) is 0 Å². The lowest BCUT2D eigenvalue weighted by molar-refractivity contribution is -0.0930. The number of allylic oxidation sites excluding steroid dienone is 1. The number of hydrogen-bond acceptors (Lipinski definition) is 3. The summed E-state index contributed by atoms with van der Waals surface area (Å²) in [5.74, 6) is 0. The summed E-state index contributed by atoms with van der Waals surface area (Å²) in [4.78, 5) is 0. The number of methoxy groups -OCH3 is 1. The van der Waals surface area contributed by atoms with Gasteiger partial charge in [-0.2, -0.15) is 0 Å². The van der Waals surface area contributed by atoms with Crippen molar-refractivity contribution in [2.45, 2.75) is 58.5 Å². The Kier molecular flexibility index (Phi) is 10.3. The average molecular weight is 258 g/mol. The minimum absolute atomic E-state index is 0.257. The summed E-state index contributed by atoms with van der Waals surface area (Å²) in [5.41, 5.74) is -0.257. The van der Waals surface area contributed by atoms with Crippen LogP contribution in [0.2, 0.25) is 0 Å². The fourth-order valence-electron chi connectivity index (χ4n) is 2.09. The molecule has 0 aliphatic rings. The summed E-state index contributed by atoms with van der Waals surface area (Å²) >= 11 is 0. The van der Waals surface area contributed by atoms with Crippen molar-refractivity contribution in [3.05, 3.63) is 12.7 Å². The maximum atomic E-state index is 10.3. The lowest BCUT2D eigenvalue weighted by Gasteiger charge is -2.33. The summed E-state index contributed by atoms with van der Waals surface area (Å²) in [6.07, 6.45) is 7.83. The van der Waals surface area contributed by atoms with E-state index in [0.29, 0.717) is 6.61 Å². The van der Waals surface area contributed by atoms with Crippen molar-refractivity contribution in [1.82, 2.24) is 0 Å². The van der Waals surface area contributed by atoms with Gasteiger partial charge in [0.2, 0.25) is 0 Å². The first-order valence-electron chi connectivity index (χ1n) is 6.96. The summed E-state index contributed by atoms with van der Waals surface area (Å²) in [6, 6.07) is 0. The summed E-state index contributed by atoms with van der Waals surface area (Å²) < 4.78 is 10.3. The molecule has 1 N–H and O–H groups in total. The second kappa shape index (κ2) is 10.5. The Hall–Kier alpha value is -0.380. The highest BCUT2D eigenvalue weighted by atomic mass is 16.7. The predicted molar refractivity (Wildman–Crippen MR) is 75.5 cm³/mol. The molecule has 0 bridgehead atoms. The minimum Gasteiger partial charge on any atom is -0.392 e. The third-order valence-electron chi connectivity index (χ3n) is 3.38. The largest absolute Gasteiger partial charge is 0.392 e. The Bertz CT molecular complexity index is 206. The van der Waals surface area contributed by atoms with Gasteiger partial charge in [0, 0.05) is 12.5 Å². The zero-order valence-electron chi connectivity index (χ0n) is 12.3. The Balaban J connectivity index is 4.13. The van der Waals surface area contributed by atoms with Gasteiger partial charge in [0.1, 0.15) is 6.79 Å². The smallest absolute Gasteiger partial charge is 0.146 e. The zero-order chi connectivity index (χ0) is 13.9. The molecule has 0 amide bonds. The molecule has 3 nitrogen and oxygen atoms in total. The SMILES string of the molecule is C=CC[C@@](C)(COCOC)[C@H](O)CCCCCC. The van der Waals surface area contributed by atoms with Crippen LogP contribution in [0.3, 0.4) is 0 Å². The molecular formula is C15H30O3.